The Balaban J connectivity index is 1.20. The van der Waals surface area contributed by atoms with Crippen LogP contribution in [0, 0.1) is 0 Å². The molecule has 1 saturated heterocycles. The molecular weight excluding hydrogens is 464 g/mol. The standard InChI is InChI=1S/C26H27F2N7O/c1-16(31-23-12-22(32-33-23)17-2-3-17)19-11-21(15-29-13-19)35-7-4-18-10-20(14-30-24(18)35)25(36)34-8-5-26(27,28)6-9-34/h4,7,10-17H,2-3,5-6,8-9H2,1H3,(H2,31,32,33). The van der Waals surface area contributed by atoms with Crippen LogP contribution >= 0.6 is 0 Å². The van der Waals surface area contributed by atoms with Gasteiger partial charge in [0.05, 0.1) is 23.5 Å². The first-order valence-corrected chi connectivity index (χ1v) is 12.3. The second kappa shape index (κ2) is 8.69. The van der Waals surface area contributed by atoms with Crippen LogP contribution < -0.4 is 5.32 Å². The Morgan fingerprint density at radius 2 is 1.97 bits per heavy atom. The Hall–Kier alpha value is -3.82. The summed E-state index contributed by atoms with van der Waals surface area (Å²) in [5.41, 5.74) is 4.12. The van der Waals surface area contributed by atoms with E-state index in [9.17, 15) is 13.6 Å². The second-order valence-electron chi connectivity index (χ2n) is 9.80. The highest BCUT2D eigenvalue weighted by Crippen LogP contribution is 2.39. The van der Waals surface area contributed by atoms with Gasteiger partial charge < -0.3 is 10.2 Å². The molecule has 5 heterocycles. The van der Waals surface area contributed by atoms with Crippen LogP contribution in [0.15, 0.2) is 49.1 Å². The summed E-state index contributed by atoms with van der Waals surface area (Å²) < 4.78 is 28.9. The van der Waals surface area contributed by atoms with Gasteiger partial charge in [0, 0.05) is 67.6 Å². The zero-order valence-electron chi connectivity index (χ0n) is 19.9. The van der Waals surface area contributed by atoms with Crippen molar-refractivity contribution in [3.8, 4) is 5.69 Å². The van der Waals surface area contributed by atoms with Gasteiger partial charge in [0.2, 0.25) is 0 Å². The summed E-state index contributed by atoms with van der Waals surface area (Å²) in [7, 11) is 0. The minimum atomic E-state index is -2.69. The molecule has 2 N–H and O–H groups in total. The van der Waals surface area contributed by atoms with Crippen molar-refractivity contribution >= 4 is 22.8 Å². The first-order valence-electron chi connectivity index (χ1n) is 12.3. The number of amides is 1. The number of hydrogen-bond acceptors (Lipinski definition) is 5. The van der Waals surface area contributed by atoms with Gasteiger partial charge in [-0.2, -0.15) is 5.10 Å². The third kappa shape index (κ3) is 4.43. The van der Waals surface area contributed by atoms with E-state index in [1.807, 2.05) is 29.1 Å². The number of carbonyl (C=O) groups is 1. The van der Waals surface area contributed by atoms with E-state index < -0.39 is 5.92 Å². The highest BCUT2D eigenvalue weighted by Gasteiger charge is 2.36. The van der Waals surface area contributed by atoms with Gasteiger partial charge in [-0.25, -0.2) is 13.8 Å². The fourth-order valence-electron chi connectivity index (χ4n) is 4.70. The molecule has 1 amide bonds. The summed E-state index contributed by atoms with van der Waals surface area (Å²) in [6, 6.07) is 7.77. The van der Waals surface area contributed by atoms with E-state index in [0.29, 0.717) is 17.1 Å². The number of alkyl halides is 2. The third-order valence-electron chi connectivity index (χ3n) is 7.06. The van der Waals surface area contributed by atoms with Gasteiger partial charge in [-0.05, 0) is 43.5 Å². The molecule has 2 fully saturated rings. The highest BCUT2D eigenvalue weighted by molar-refractivity contribution is 5.97. The summed E-state index contributed by atoms with van der Waals surface area (Å²) >= 11 is 0. The molecule has 0 aromatic carbocycles. The SMILES string of the molecule is CC(Nc1cc(C2CC2)[nH]n1)c1cncc(-n2ccc3cc(C(=O)N4CCC(F)(F)CC4)cnc32)c1. The Kier molecular flexibility index (Phi) is 5.46. The van der Waals surface area contributed by atoms with E-state index in [0.717, 1.165) is 22.5 Å². The lowest BCUT2D eigenvalue weighted by atomic mass is 10.1. The van der Waals surface area contributed by atoms with E-state index in [1.165, 1.54) is 29.6 Å². The van der Waals surface area contributed by atoms with E-state index in [1.54, 1.807) is 12.3 Å². The number of carbonyl (C=O) groups excluding carboxylic acids is 1. The molecule has 186 valence electrons. The number of nitrogens with zero attached hydrogens (tertiary/aromatic N) is 5. The lowest BCUT2D eigenvalue weighted by molar-refractivity contribution is -0.0494. The molecule has 2 aliphatic rings. The fourth-order valence-corrected chi connectivity index (χ4v) is 4.70. The molecule has 0 spiro atoms. The zero-order chi connectivity index (χ0) is 24.9. The predicted octanol–water partition coefficient (Wildman–Crippen LogP) is 5.07. The molecular formula is C26H27F2N7O. The number of likely N-dealkylation sites (tertiary alicyclic amines) is 1. The lowest BCUT2D eigenvalue weighted by Gasteiger charge is -2.31. The van der Waals surface area contributed by atoms with Crippen molar-refractivity contribution in [2.75, 3.05) is 18.4 Å². The predicted molar refractivity (Wildman–Crippen MR) is 132 cm³/mol. The fraction of sp³-hybridized carbons (Fsp3) is 0.385. The van der Waals surface area contributed by atoms with Gasteiger partial charge >= 0.3 is 0 Å². The van der Waals surface area contributed by atoms with Gasteiger partial charge in [-0.15, -0.1) is 0 Å². The average Bonchev–Trinajstić information content (AvgIpc) is 3.48. The smallest absolute Gasteiger partial charge is 0.255 e. The molecule has 1 atom stereocenters. The Labute approximate surface area is 206 Å². The van der Waals surface area contributed by atoms with Crippen LogP contribution in [-0.4, -0.2) is 54.6 Å². The van der Waals surface area contributed by atoms with Crippen molar-refractivity contribution in [3.63, 3.8) is 0 Å². The van der Waals surface area contributed by atoms with Gasteiger partial charge in [-0.3, -0.25) is 19.4 Å². The summed E-state index contributed by atoms with van der Waals surface area (Å²) in [5, 5.41) is 11.7. The Morgan fingerprint density at radius 3 is 2.75 bits per heavy atom. The van der Waals surface area contributed by atoms with Crippen LogP contribution in [0.5, 0.6) is 0 Å². The second-order valence-corrected chi connectivity index (χ2v) is 9.80. The third-order valence-corrected chi connectivity index (χ3v) is 7.06. The molecule has 0 radical (unpaired) electrons. The molecule has 4 aromatic rings. The minimum absolute atomic E-state index is 0.0104. The monoisotopic (exact) mass is 491 g/mol. The Bertz CT molecular complexity index is 1410. The van der Waals surface area contributed by atoms with Crippen LogP contribution in [0.2, 0.25) is 0 Å². The van der Waals surface area contributed by atoms with Crippen molar-refractivity contribution in [1.82, 2.24) is 29.6 Å². The number of nitrogens with one attached hydrogen (secondary N) is 2. The van der Waals surface area contributed by atoms with Crippen molar-refractivity contribution in [1.29, 1.82) is 0 Å². The lowest BCUT2D eigenvalue weighted by Crippen LogP contribution is -2.42. The summed E-state index contributed by atoms with van der Waals surface area (Å²) in [5.74, 6) is -1.52. The number of aromatic nitrogens is 5. The summed E-state index contributed by atoms with van der Waals surface area (Å²) in [6.45, 7) is 2.16. The van der Waals surface area contributed by atoms with Crippen molar-refractivity contribution in [3.05, 3.63) is 65.9 Å². The van der Waals surface area contributed by atoms with E-state index in [4.69, 9.17) is 0 Å². The normalized spacial score (nSPS) is 18.4. The molecule has 1 unspecified atom stereocenters. The van der Waals surface area contributed by atoms with Crippen LogP contribution in [-0.2, 0) is 0 Å². The van der Waals surface area contributed by atoms with E-state index in [2.05, 4.69) is 38.5 Å². The molecule has 10 heteroatoms. The van der Waals surface area contributed by atoms with Crippen molar-refractivity contribution in [2.24, 2.45) is 0 Å². The molecule has 1 aliphatic carbocycles. The maximum Gasteiger partial charge on any atom is 0.255 e. The molecule has 0 bridgehead atoms. The van der Waals surface area contributed by atoms with Crippen LogP contribution in [0.4, 0.5) is 14.6 Å². The summed E-state index contributed by atoms with van der Waals surface area (Å²) in [6.07, 6.45) is 8.83. The van der Waals surface area contributed by atoms with Gasteiger partial charge in [0.1, 0.15) is 11.5 Å². The van der Waals surface area contributed by atoms with Gasteiger partial charge in [-0.1, -0.05) is 0 Å². The molecule has 6 rings (SSSR count). The number of halogens is 2. The zero-order valence-corrected chi connectivity index (χ0v) is 19.9. The van der Waals surface area contributed by atoms with Crippen LogP contribution in [0.25, 0.3) is 16.7 Å². The number of H-pyrrole nitrogens is 1. The van der Waals surface area contributed by atoms with Crippen molar-refractivity contribution < 1.29 is 13.6 Å². The number of rotatable bonds is 6. The first kappa shape index (κ1) is 22.6. The molecule has 36 heavy (non-hydrogen) atoms. The summed E-state index contributed by atoms with van der Waals surface area (Å²) in [4.78, 5) is 23.3. The number of pyridine rings is 2. The van der Waals surface area contributed by atoms with Crippen LogP contribution in [0.1, 0.15) is 66.2 Å². The quantitative estimate of drug-likeness (QED) is 0.393. The number of fused-ring (bicyclic) bond motifs is 1. The van der Waals surface area contributed by atoms with Crippen LogP contribution in [0.3, 0.4) is 0 Å². The van der Waals surface area contributed by atoms with Crippen molar-refractivity contribution in [2.45, 2.75) is 50.5 Å². The average molecular weight is 492 g/mol. The number of piperidine rings is 1. The largest absolute Gasteiger partial charge is 0.362 e. The van der Waals surface area contributed by atoms with Gasteiger partial charge in [0.15, 0.2) is 0 Å². The molecule has 1 aliphatic heterocycles. The Morgan fingerprint density at radius 1 is 1.17 bits per heavy atom. The first-order chi connectivity index (χ1) is 17.4. The van der Waals surface area contributed by atoms with Gasteiger partial charge in [0.25, 0.3) is 11.8 Å². The molecule has 8 nitrogen and oxygen atoms in total. The minimum Gasteiger partial charge on any atom is -0.362 e. The molecule has 4 aromatic heterocycles. The van der Waals surface area contributed by atoms with E-state index in [-0.39, 0.29) is 37.9 Å². The molecule has 1 saturated carbocycles. The number of anilines is 1. The maximum absolute atomic E-state index is 13.5. The topological polar surface area (TPSA) is 91.7 Å². The number of hydrogen-bond donors (Lipinski definition) is 2. The maximum atomic E-state index is 13.5. The highest BCUT2D eigenvalue weighted by atomic mass is 19.3. The van der Waals surface area contributed by atoms with E-state index >= 15 is 0 Å². The number of aromatic amines is 1.